The van der Waals surface area contributed by atoms with Crippen LogP contribution in [0.2, 0.25) is 0 Å². The summed E-state index contributed by atoms with van der Waals surface area (Å²) in [7, 11) is 0. The average molecular weight is 252 g/mol. The van der Waals surface area contributed by atoms with Gasteiger partial charge in [-0.05, 0) is 25.1 Å². The van der Waals surface area contributed by atoms with Gasteiger partial charge in [0.05, 0.1) is 17.4 Å². The maximum Gasteiger partial charge on any atom is 0.257 e. The Hall–Kier alpha value is -2.69. The summed E-state index contributed by atoms with van der Waals surface area (Å²) in [4.78, 5) is 23.1. The van der Waals surface area contributed by atoms with E-state index in [2.05, 4.69) is 20.3 Å². The average Bonchev–Trinajstić information content (AvgIpc) is 2.88. The number of anilines is 1. The Morgan fingerprint density at radius 3 is 2.79 bits per heavy atom. The van der Waals surface area contributed by atoms with Crippen LogP contribution in [-0.2, 0) is 0 Å². The van der Waals surface area contributed by atoms with Crippen LogP contribution >= 0.6 is 0 Å². The predicted octanol–water partition coefficient (Wildman–Crippen LogP) is 2.52. The zero-order valence-corrected chi connectivity index (χ0v) is 10.3. The summed E-state index contributed by atoms with van der Waals surface area (Å²) in [5, 5.41) is 2.83. The molecule has 0 unspecified atom stereocenters. The largest absolute Gasteiger partial charge is 0.343 e. The zero-order valence-electron chi connectivity index (χ0n) is 10.3. The number of aromatic nitrogens is 3. The van der Waals surface area contributed by atoms with Gasteiger partial charge in [0.15, 0.2) is 5.65 Å². The highest BCUT2D eigenvalue weighted by molar-refractivity contribution is 6.05. The van der Waals surface area contributed by atoms with Gasteiger partial charge in [0.1, 0.15) is 0 Å². The Bertz CT molecular complexity index is 731. The summed E-state index contributed by atoms with van der Waals surface area (Å²) in [6, 6.07) is 9.38. The molecule has 94 valence electrons. The summed E-state index contributed by atoms with van der Waals surface area (Å²) < 4.78 is 0. The van der Waals surface area contributed by atoms with Gasteiger partial charge in [-0.2, -0.15) is 0 Å². The van der Waals surface area contributed by atoms with E-state index in [-0.39, 0.29) is 5.91 Å². The first-order chi connectivity index (χ1) is 9.22. The number of aryl methyl sites for hydroxylation is 1. The van der Waals surface area contributed by atoms with Gasteiger partial charge >= 0.3 is 0 Å². The van der Waals surface area contributed by atoms with Crippen molar-refractivity contribution in [2.45, 2.75) is 6.92 Å². The highest BCUT2D eigenvalue weighted by Gasteiger charge is 2.08. The van der Waals surface area contributed by atoms with Crippen molar-refractivity contribution < 1.29 is 4.79 Å². The second-order valence-corrected chi connectivity index (χ2v) is 4.32. The van der Waals surface area contributed by atoms with Crippen LogP contribution in [0.3, 0.4) is 0 Å². The summed E-state index contributed by atoms with van der Waals surface area (Å²) in [6.45, 7) is 2.00. The molecule has 0 spiro atoms. The lowest BCUT2D eigenvalue weighted by Crippen LogP contribution is -2.12. The van der Waals surface area contributed by atoms with Crippen molar-refractivity contribution in [1.82, 2.24) is 15.0 Å². The van der Waals surface area contributed by atoms with Gasteiger partial charge < -0.3 is 10.3 Å². The molecule has 1 aromatic carbocycles. The van der Waals surface area contributed by atoms with E-state index in [1.165, 1.54) is 6.20 Å². The lowest BCUT2D eigenvalue weighted by molar-refractivity contribution is 0.102. The molecule has 5 nitrogen and oxygen atoms in total. The van der Waals surface area contributed by atoms with Crippen LogP contribution in [0.15, 0.2) is 42.9 Å². The van der Waals surface area contributed by atoms with E-state index in [0.717, 1.165) is 16.8 Å². The molecule has 0 fully saturated rings. The molecule has 2 heterocycles. The van der Waals surface area contributed by atoms with Gasteiger partial charge in [-0.3, -0.25) is 4.79 Å². The van der Waals surface area contributed by atoms with Crippen molar-refractivity contribution in [3.8, 4) is 0 Å². The number of imidazole rings is 1. The molecule has 5 heteroatoms. The molecular weight excluding hydrogens is 240 g/mol. The number of hydrogen-bond acceptors (Lipinski definition) is 3. The number of nitrogens with zero attached hydrogens (tertiary/aromatic N) is 2. The van der Waals surface area contributed by atoms with E-state index in [1.54, 1.807) is 12.4 Å². The van der Waals surface area contributed by atoms with Crippen molar-refractivity contribution in [2.24, 2.45) is 0 Å². The fourth-order valence-electron chi connectivity index (χ4n) is 1.79. The molecule has 0 saturated heterocycles. The molecule has 0 aliphatic rings. The molecule has 0 radical (unpaired) electrons. The maximum atomic E-state index is 12.1. The molecular formula is C14H12N4O. The van der Waals surface area contributed by atoms with E-state index in [9.17, 15) is 4.79 Å². The fourth-order valence-corrected chi connectivity index (χ4v) is 1.79. The van der Waals surface area contributed by atoms with Gasteiger partial charge in [-0.1, -0.05) is 17.7 Å². The van der Waals surface area contributed by atoms with E-state index in [1.807, 2.05) is 31.2 Å². The summed E-state index contributed by atoms with van der Waals surface area (Å²) >= 11 is 0. The van der Waals surface area contributed by atoms with Crippen molar-refractivity contribution in [2.75, 3.05) is 5.32 Å². The number of hydrogen-bond donors (Lipinski definition) is 2. The van der Waals surface area contributed by atoms with Crippen molar-refractivity contribution >= 4 is 22.8 Å². The third-order valence-corrected chi connectivity index (χ3v) is 2.85. The van der Waals surface area contributed by atoms with E-state index >= 15 is 0 Å². The first-order valence-electron chi connectivity index (χ1n) is 5.89. The third-order valence-electron chi connectivity index (χ3n) is 2.85. The monoisotopic (exact) mass is 252 g/mol. The molecule has 2 N–H and O–H groups in total. The number of rotatable bonds is 2. The quantitative estimate of drug-likeness (QED) is 0.736. The molecule has 0 saturated carbocycles. The van der Waals surface area contributed by atoms with Gasteiger partial charge in [0.25, 0.3) is 5.91 Å². The van der Waals surface area contributed by atoms with Crippen LogP contribution < -0.4 is 5.32 Å². The Balaban J connectivity index is 1.84. The van der Waals surface area contributed by atoms with Crippen molar-refractivity contribution in [3.05, 3.63) is 54.0 Å². The second kappa shape index (κ2) is 4.53. The molecule has 0 aliphatic carbocycles. The second-order valence-electron chi connectivity index (χ2n) is 4.32. The van der Waals surface area contributed by atoms with E-state index in [0.29, 0.717) is 11.2 Å². The van der Waals surface area contributed by atoms with Crippen LogP contribution in [0.5, 0.6) is 0 Å². The summed E-state index contributed by atoms with van der Waals surface area (Å²) in [5.41, 5.74) is 3.76. The summed E-state index contributed by atoms with van der Waals surface area (Å²) in [5.74, 6) is -0.187. The van der Waals surface area contributed by atoms with E-state index < -0.39 is 0 Å². The van der Waals surface area contributed by atoms with Crippen LogP contribution in [0.25, 0.3) is 11.2 Å². The number of nitrogens with one attached hydrogen (secondary N) is 2. The van der Waals surface area contributed by atoms with Gasteiger partial charge in [-0.25, -0.2) is 9.97 Å². The minimum Gasteiger partial charge on any atom is -0.343 e. The number of carbonyl (C=O) groups is 1. The summed E-state index contributed by atoms with van der Waals surface area (Å²) in [6.07, 6.45) is 3.08. The Morgan fingerprint density at radius 1 is 1.21 bits per heavy atom. The number of aromatic amines is 1. The van der Waals surface area contributed by atoms with Gasteiger partial charge in [0.2, 0.25) is 0 Å². The Labute approximate surface area is 109 Å². The topological polar surface area (TPSA) is 70.7 Å². The molecule has 0 atom stereocenters. The van der Waals surface area contributed by atoms with Crippen LogP contribution in [0.4, 0.5) is 5.69 Å². The van der Waals surface area contributed by atoms with Crippen molar-refractivity contribution in [3.63, 3.8) is 0 Å². The Kier molecular flexibility index (Phi) is 2.72. The molecule has 1 amide bonds. The highest BCUT2D eigenvalue weighted by Crippen LogP contribution is 2.12. The normalized spacial score (nSPS) is 10.6. The number of H-pyrrole nitrogens is 1. The smallest absolute Gasteiger partial charge is 0.257 e. The molecule has 3 aromatic rings. The first-order valence-corrected chi connectivity index (χ1v) is 5.89. The van der Waals surface area contributed by atoms with Crippen LogP contribution in [0.1, 0.15) is 15.9 Å². The molecule has 0 aliphatic heterocycles. The fraction of sp³-hybridized carbons (Fsp3) is 0.0714. The minimum absolute atomic E-state index is 0.187. The maximum absolute atomic E-state index is 12.1. The van der Waals surface area contributed by atoms with Crippen LogP contribution in [0, 0.1) is 6.92 Å². The zero-order chi connectivity index (χ0) is 13.2. The molecule has 2 aromatic heterocycles. The number of fused-ring (bicyclic) bond motifs is 1. The number of pyridine rings is 1. The Morgan fingerprint density at radius 2 is 2.00 bits per heavy atom. The molecule has 19 heavy (non-hydrogen) atoms. The number of amides is 1. The minimum atomic E-state index is -0.187. The predicted molar refractivity (Wildman–Crippen MR) is 73.0 cm³/mol. The number of carbonyl (C=O) groups excluding carboxylic acids is 1. The van der Waals surface area contributed by atoms with Crippen LogP contribution in [-0.4, -0.2) is 20.9 Å². The molecule has 3 rings (SSSR count). The first kappa shape index (κ1) is 11.4. The lowest BCUT2D eigenvalue weighted by Gasteiger charge is -2.05. The lowest BCUT2D eigenvalue weighted by atomic mass is 10.2. The van der Waals surface area contributed by atoms with E-state index in [4.69, 9.17) is 0 Å². The van der Waals surface area contributed by atoms with Gasteiger partial charge in [0, 0.05) is 11.9 Å². The SMILES string of the molecule is Cc1ccc(NC(=O)c2cnc3nc[nH]c3c2)cc1. The number of benzene rings is 1. The highest BCUT2D eigenvalue weighted by atomic mass is 16.1. The molecule has 0 bridgehead atoms. The third kappa shape index (κ3) is 2.30. The van der Waals surface area contributed by atoms with Crippen molar-refractivity contribution in [1.29, 1.82) is 0 Å². The standard InChI is InChI=1S/C14H12N4O/c1-9-2-4-11(5-3-9)18-14(19)10-6-12-13(15-7-10)17-8-16-12/h2-8H,1H3,(H,18,19)(H,15,16,17). The van der Waals surface area contributed by atoms with Gasteiger partial charge in [-0.15, -0.1) is 0 Å².